The van der Waals surface area contributed by atoms with Crippen LogP contribution < -0.4 is 5.73 Å². The molecule has 20 heavy (non-hydrogen) atoms. The van der Waals surface area contributed by atoms with E-state index in [4.69, 9.17) is 5.73 Å². The first-order chi connectivity index (χ1) is 9.80. The summed E-state index contributed by atoms with van der Waals surface area (Å²) in [5, 5.41) is 0. The smallest absolute Gasteiger partial charge is 0.0994 e. The maximum absolute atomic E-state index is 5.63. The quantitative estimate of drug-likeness (QED) is 0.785. The topological polar surface area (TPSA) is 43.3 Å². The molecule has 0 unspecified atom stereocenters. The molecule has 3 nitrogen and oxygen atoms in total. The minimum Gasteiger partial charge on any atom is -0.325 e. The highest BCUT2D eigenvalue weighted by Crippen LogP contribution is 2.23. The third-order valence-electron chi connectivity index (χ3n) is 3.58. The molecule has 0 bridgehead atoms. The normalized spacial score (nSPS) is 11.1. The van der Waals surface area contributed by atoms with Crippen molar-refractivity contribution in [2.75, 3.05) is 0 Å². The Kier molecular flexibility index (Phi) is 3.52. The predicted molar refractivity (Wildman–Crippen MR) is 82.5 cm³/mol. The molecule has 2 heterocycles. The van der Waals surface area contributed by atoms with E-state index in [1.54, 1.807) is 0 Å². The van der Waals surface area contributed by atoms with Gasteiger partial charge in [0.2, 0.25) is 0 Å². The van der Waals surface area contributed by atoms with Gasteiger partial charge < -0.3 is 10.1 Å². The van der Waals surface area contributed by atoms with Gasteiger partial charge in [-0.1, -0.05) is 37.6 Å². The van der Waals surface area contributed by atoms with Crippen LogP contribution in [0.4, 0.5) is 0 Å². The Morgan fingerprint density at radius 3 is 2.60 bits per heavy atom. The number of rotatable bonds is 4. The van der Waals surface area contributed by atoms with Crippen molar-refractivity contribution in [2.24, 2.45) is 5.73 Å². The average Bonchev–Trinajstić information content (AvgIpc) is 2.91. The Morgan fingerprint density at radius 1 is 1.10 bits per heavy atom. The number of benzene rings is 1. The molecule has 3 aromatic rings. The Bertz CT molecular complexity index is 711. The van der Waals surface area contributed by atoms with Gasteiger partial charge in [-0.2, -0.15) is 0 Å². The second-order valence-corrected chi connectivity index (χ2v) is 5.09. The summed E-state index contributed by atoms with van der Waals surface area (Å²) in [6.07, 6.45) is 6.26. The predicted octanol–water partition coefficient (Wildman–Crippen LogP) is 3.41. The van der Waals surface area contributed by atoms with Crippen molar-refractivity contribution in [3.05, 3.63) is 60.2 Å². The zero-order valence-corrected chi connectivity index (χ0v) is 11.7. The minimum atomic E-state index is 0.475. The van der Waals surface area contributed by atoms with Crippen molar-refractivity contribution in [3.63, 3.8) is 0 Å². The molecule has 2 aromatic heterocycles. The Hall–Kier alpha value is -2.13. The van der Waals surface area contributed by atoms with Crippen molar-refractivity contribution < 1.29 is 0 Å². The van der Waals surface area contributed by atoms with Crippen LogP contribution in [-0.2, 0) is 13.0 Å². The second kappa shape index (κ2) is 5.47. The van der Waals surface area contributed by atoms with Crippen LogP contribution in [0.2, 0.25) is 0 Å². The molecule has 102 valence electrons. The van der Waals surface area contributed by atoms with E-state index in [2.05, 4.69) is 48.4 Å². The summed E-state index contributed by atoms with van der Waals surface area (Å²) in [5.41, 5.74) is 11.5. The summed E-state index contributed by atoms with van der Waals surface area (Å²) in [6, 6.07) is 13.0. The van der Waals surface area contributed by atoms with Crippen LogP contribution in [0.1, 0.15) is 24.6 Å². The molecule has 0 saturated heterocycles. The van der Waals surface area contributed by atoms with E-state index in [9.17, 15) is 0 Å². The van der Waals surface area contributed by atoms with Crippen molar-refractivity contribution in [1.29, 1.82) is 0 Å². The van der Waals surface area contributed by atoms with E-state index < -0.39 is 0 Å². The third kappa shape index (κ3) is 2.45. The molecule has 0 aliphatic carbocycles. The van der Waals surface area contributed by atoms with Crippen molar-refractivity contribution in [1.82, 2.24) is 9.38 Å². The van der Waals surface area contributed by atoms with Gasteiger partial charge in [0.15, 0.2) is 0 Å². The summed E-state index contributed by atoms with van der Waals surface area (Å²) in [4.78, 5) is 4.31. The largest absolute Gasteiger partial charge is 0.325 e. The number of nitrogens with zero attached hydrogens (tertiary/aromatic N) is 2. The SMILES string of the molecule is CCCc1ccc(-c2cc3cc(CN)ncn3c2)cc1. The molecule has 0 radical (unpaired) electrons. The van der Waals surface area contributed by atoms with E-state index in [0.29, 0.717) is 6.54 Å². The van der Waals surface area contributed by atoms with Gasteiger partial charge >= 0.3 is 0 Å². The van der Waals surface area contributed by atoms with E-state index >= 15 is 0 Å². The lowest BCUT2D eigenvalue weighted by Crippen LogP contribution is -2.00. The van der Waals surface area contributed by atoms with Crippen LogP contribution in [-0.4, -0.2) is 9.38 Å². The fourth-order valence-electron chi connectivity index (χ4n) is 2.48. The van der Waals surface area contributed by atoms with Crippen LogP contribution in [0.25, 0.3) is 16.6 Å². The van der Waals surface area contributed by atoms with Gasteiger partial charge in [-0.15, -0.1) is 0 Å². The van der Waals surface area contributed by atoms with E-state index in [0.717, 1.165) is 17.6 Å². The monoisotopic (exact) mass is 265 g/mol. The molecule has 2 N–H and O–H groups in total. The first-order valence-corrected chi connectivity index (χ1v) is 7.06. The molecular formula is C17H19N3. The summed E-state index contributed by atoms with van der Waals surface area (Å²) in [6.45, 7) is 2.68. The molecule has 0 fully saturated rings. The van der Waals surface area contributed by atoms with Crippen LogP contribution in [0.15, 0.2) is 48.9 Å². The molecule has 0 aliphatic rings. The number of hydrogen-bond donors (Lipinski definition) is 1. The van der Waals surface area contributed by atoms with Gasteiger partial charge in [0, 0.05) is 23.8 Å². The zero-order chi connectivity index (χ0) is 13.9. The van der Waals surface area contributed by atoms with Crippen LogP contribution >= 0.6 is 0 Å². The molecule has 3 rings (SSSR count). The highest BCUT2D eigenvalue weighted by Gasteiger charge is 2.04. The van der Waals surface area contributed by atoms with Crippen LogP contribution in [0.3, 0.4) is 0 Å². The lowest BCUT2D eigenvalue weighted by atomic mass is 10.0. The fraction of sp³-hybridized carbons (Fsp3) is 0.235. The maximum atomic E-state index is 5.63. The summed E-state index contributed by atoms with van der Waals surface area (Å²) in [5.74, 6) is 0. The summed E-state index contributed by atoms with van der Waals surface area (Å²) >= 11 is 0. The van der Waals surface area contributed by atoms with Crippen molar-refractivity contribution in [2.45, 2.75) is 26.3 Å². The zero-order valence-electron chi connectivity index (χ0n) is 11.7. The number of aromatic nitrogens is 2. The molecule has 0 spiro atoms. The lowest BCUT2D eigenvalue weighted by molar-refractivity contribution is 0.922. The van der Waals surface area contributed by atoms with Gasteiger partial charge in [0.25, 0.3) is 0 Å². The number of nitrogens with two attached hydrogens (primary N) is 1. The number of hydrogen-bond acceptors (Lipinski definition) is 2. The van der Waals surface area contributed by atoms with Crippen LogP contribution in [0.5, 0.6) is 0 Å². The van der Waals surface area contributed by atoms with Gasteiger partial charge in [-0.25, -0.2) is 4.98 Å². The summed E-state index contributed by atoms with van der Waals surface area (Å²) in [7, 11) is 0. The molecule has 0 aliphatic heterocycles. The Balaban J connectivity index is 1.96. The number of fused-ring (bicyclic) bond motifs is 1. The Morgan fingerprint density at radius 2 is 1.90 bits per heavy atom. The molecule has 0 amide bonds. The van der Waals surface area contributed by atoms with E-state index in [-0.39, 0.29) is 0 Å². The number of aryl methyl sites for hydroxylation is 1. The Labute approximate surface area is 119 Å². The first kappa shape index (κ1) is 12.9. The molecule has 0 saturated carbocycles. The van der Waals surface area contributed by atoms with Crippen LogP contribution in [0, 0.1) is 0 Å². The van der Waals surface area contributed by atoms with Gasteiger partial charge in [0.05, 0.1) is 12.0 Å². The molecular weight excluding hydrogens is 246 g/mol. The standard InChI is InChI=1S/C17H19N3/c1-2-3-13-4-6-14(7-5-13)15-8-17-9-16(10-18)19-12-20(17)11-15/h4-9,11-12H,2-3,10,18H2,1H3. The lowest BCUT2D eigenvalue weighted by Gasteiger charge is -2.01. The van der Waals surface area contributed by atoms with Gasteiger partial charge in [0.1, 0.15) is 0 Å². The van der Waals surface area contributed by atoms with Crippen molar-refractivity contribution in [3.8, 4) is 11.1 Å². The first-order valence-electron chi connectivity index (χ1n) is 7.06. The fourth-order valence-corrected chi connectivity index (χ4v) is 2.48. The van der Waals surface area contributed by atoms with E-state index in [1.807, 2.05) is 16.8 Å². The third-order valence-corrected chi connectivity index (χ3v) is 3.58. The van der Waals surface area contributed by atoms with Gasteiger partial charge in [-0.3, -0.25) is 0 Å². The highest BCUT2D eigenvalue weighted by atomic mass is 14.9. The second-order valence-electron chi connectivity index (χ2n) is 5.09. The minimum absolute atomic E-state index is 0.475. The molecule has 3 heteroatoms. The molecule has 1 aromatic carbocycles. The maximum Gasteiger partial charge on any atom is 0.0994 e. The highest BCUT2D eigenvalue weighted by molar-refractivity contribution is 5.70. The van der Waals surface area contributed by atoms with E-state index in [1.165, 1.54) is 23.1 Å². The van der Waals surface area contributed by atoms with Gasteiger partial charge in [-0.05, 0) is 29.7 Å². The average molecular weight is 265 g/mol. The summed E-state index contributed by atoms with van der Waals surface area (Å²) < 4.78 is 2.04. The van der Waals surface area contributed by atoms with Crippen molar-refractivity contribution >= 4 is 5.52 Å². The molecule has 0 atom stereocenters.